The first-order valence-electron chi connectivity index (χ1n) is 11.7. The van der Waals surface area contributed by atoms with Crippen LogP contribution in [0.15, 0.2) is 36.4 Å². The van der Waals surface area contributed by atoms with Crippen molar-refractivity contribution in [2.24, 2.45) is 5.92 Å². The third kappa shape index (κ3) is 5.84. The zero-order chi connectivity index (χ0) is 23.2. The highest BCUT2D eigenvalue weighted by molar-refractivity contribution is 6.31. The summed E-state index contributed by atoms with van der Waals surface area (Å²) < 4.78 is 0. The van der Waals surface area contributed by atoms with E-state index in [0.29, 0.717) is 43.1 Å². The number of hydrogen-bond donors (Lipinski definition) is 3. The van der Waals surface area contributed by atoms with Gasteiger partial charge in [-0.1, -0.05) is 35.9 Å². The molecule has 1 amide bonds. The van der Waals surface area contributed by atoms with Gasteiger partial charge in [-0.15, -0.1) is 0 Å². The van der Waals surface area contributed by atoms with E-state index in [1.54, 1.807) is 24.3 Å². The van der Waals surface area contributed by atoms with Crippen molar-refractivity contribution in [2.45, 2.75) is 44.6 Å². The molecule has 33 heavy (non-hydrogen) atoms. The van der Waals surface area contributed by atoms with Crippen molar-refractivity contribution >= 4 is 29.3 Å². The Morgan fingerprint density at radius 3 is 2.76 bits per heavy atom. The van der Waals surface area contributed by atoms with Crippen LogP contribution in [0.5, 0.6) is 0 Å². The summed E-state index contributed by atoms with van der Waals surface area (Å²) >= 11 is 6.25. The molecule has 1 unspecified atom stereocenters. The van der Waals surface area contributed by atoms with E-state index >= 15 is 0 Å². The number of carbonyl (C=O) groups excluding carboxylic acids is 1. The average Bonchev–Trinajstić information content (AvgIpc) is 2.83. The number of likely N-dealkylation sites (tertiary alicyclic amines) is 1. The van der Waals surface area contributed by atoms with Crippen molar-refractivity contribution in [1.29, 1.82) is 0 Å². The number of nitrogens with one attached hydrogen (secondary N) is 2. The number of aromatic nitrogens is 1. The Morgan fingerprint density at radius 2 is 2.00 bits per heavy atom. The van der Waals surface area contributed by atoms with Gasteiger partial charge in [0.15, 0.2) is 0 Å². The van der Waals surface area contributed by atoms with Crippen molar-refractivity contribution < 1.29 is 14.7 Å². The zero-order valence-electron chi connectivity index (χ0n) is 18.7. The monoisotopic (exact) mass is 470 g/mol. The number of hydrogen-bond acceptors (Lipinski definition) is 5. The van der Waals surface area contributed by atoms with Crippen LogP contribution in [0, 0.1) is 5.92 Å². The van der Waals surface area contributed by atoms with E-state index in [1.165, 1.54) is 5.56 Å². The fourth-order valence-corrected chi connectivity index (χ4v) is 4.98. The standard InChI is InChI=1S/C25H31ClN4O3/c26-21-8-2-1-7-20(21)22(25(32)33)30-15-11-18(12-16-30)24(31)28-14-4-6-19-10-9-17-5-3-13-27-23(17)29-19/h1-2,7-10,18,22H,3-6,11-16H2,(H,27,29)(H,28,31)(H,32,33). The maximum absolute atomic E-state index is 12.6. The fraction of sp³-hybridized carbons (Fsp3) is 0.480. The molecule has 1 atom stereocenters. The minimum absolute atomic E-state index is 0.0549. The van der Waals surface area contributed by atoms with E-state index in [2.05, 4.69) is 22.8 Å². The van der Waals surface area contributed by atoms with E-state index in [0.717, 1.165) is 43.7 Å². The number of benzene rings is 1. The molecule has 1 fully saturated rings. The third-order valence-electron chi connectivity index (χ3n) is 6.56. The van der Waals surface area contributed by atoms with Gasteiger partial charge in [-0.3, -0.25) is 14.5 Å². The van der Waals surface area contributed by atoms with Crippen molar-refractivity contribution in [3.05, 3.63) is 58.2 Å². The summed E-state index contributed by atoms with van der Waals surface area (Å²) in [6.45, 7) is 2.69. The van der Waals surface area contributed by atoms with Gasteiger partial charge in [-0.25, -0.2) is 4.98 Å². The molecule has 7 nitrogen and oxygen atoms in total. The van der Waals surface area contributed by atoms with Gasteiger partial charge in [0.05, 0.1) is 0 Å². The van der Waals surface area contributed by atoms with Crippen molar-refractivity contribution in [3.8, 4) is 0 Å². The number of piperidine rings is 1. The first-order chi connectivity index (χ1) is 16.0. The van der Waals surface area contributed by atoms with Gasteiger partial charge in [0.1, 0.15) is 11.9 Å². The normalized spacial score (nSPS) is 17.6. The topological polar surface area (TPSA) is 94.6 Å². The largest absolute Gasteiger partial charge is 0.480 e. The number of pyridine rings is 1. The molecule has 2 aromatic rings. The first-order valence-corrected chi connectivity index (χ1v) is 12.1. The van der Waals surface area contributed by atoms with Crippen LogP contribution in [0.4, 0.5) is 5.82 Å². The van der Waals surface area contributed by atoms with Crippen LogP contribution < -0.4 is 10.6 Å². The molecular weight excluding hydrogens is 440 g/mol. The minimum atomic E-state index is -0.919. The molecule has 3 heterocycles. The van der Waals surface area contributed by atoms with Gasteiger partial charge in [0, 0.05) is 42.8 Å². The molecule has 8 heteroatoms. The number of aryl methyl sites for hydroxylation is 2. The van der Waals surface area contributed by atoms with Gasteiger partial charge < -0.3 is 15.7 Å². The Bertz CT molecular complexity index is 991. The Labute approximate surface area is 199 Å². The van der Waals surface area contributed by atoms with E-state index in [1.807, 2.05) is 4.90 Å². The van der Waals surface area contributed by atoms with Gasteiger partial charge in [-0.05, 0) is 61.8 Å². The maximum Gasteiger partial charge on any atom is 0.325 e. The van der Waals surface area contributed by atoms with Crippen LogP contribution in [0.25, 0.3) is 0 Å². The number of rotatable bonds is 8. The third-order valence-corrected chi connectivity index (χ3v) is 6.90. The number of aliphatic carboxylic acids is 1. The number of amides is 1. The number of anilines is 1. The second-order valence-electron chi connectivity index (χ2n) is 8.81. The SMILES string of the molecule is O=C(NCCCc1ccc2c(n1)NCCC2)C1CCN(C(C(=O)O)c2ccccc2Cl)CC1. The molecule has 4 rings (SSSR count). The molecular formula is C25H31ClN4O3. The summed E-state index contributed by atoms with van der Waals surface area (Å²) in [5.74, 6) is 0.0512. The first kappa shape index (κ1) is 23.5. The summed E-state index contributed by atoms with van der Waals surface area (Å²) in [5, 5.41) is 16.7. The zero-order valence-corrected chi connectivity index (χ0v) is 19.5. The highest BCUT2D eigenvalue weighted by Gasteiger charge is 2.33. The molecule has 3 N–H and O–H groups in total. The molecule has 0 aliphatic carbocycles. The molecule has 1 aromatic heterocycles. The number of fused-ring (bicyclic) bond motifs is 1. The summed E-state index contributed by atoms with van der Waals surface area (Å²) in [5.41, 5.74) is 2.93. The predicted molar refractivity (Wildman–Crippen MR) is 129 cm³/mol. The van der Waals surface area contributed by atoms with Gasteiger partial charge in [-0.2, -0.15) is 0 Å². The van der Waals surface area contributed by atoms with Gasteiger partial charge in [0.2, 0.25) is 5.91 Å². The minimum Gasteiger partial charge on any atom is -0.480 e. The molecule has 2 aliphatic rings. The summed E-state index contributed by atoms with van der Waals surface area (Å²) in [7, 11) is 0. The Morgan fingerprint density at radius 1 is 1.21 bits per heavy atom. The smallest absolute Gasteiger partial charge is 0.325 e. The fourth-order valence-electron chi connectivity index (χ4n) is 4.74. The Hall–Kier alpha value is -2.64. The van der Waals surface area contributed by atoms with Crippen molar-refractivity contribution in [3.63, 3.8) is 0 Å². The summed E-state index contributed by atoms with van der Waals surface area (Å²) in [6.07, 6.45) is 5.16. The lowest BCUT2D eigenvalue weighted by molar-refractivity contribution is -0.144. The second-order valence-corrected chi connectivity index (χ2v) is 9.21. The Balaban J connectivity index is 1.22. The van der Waals surface area contributed by atoms with E-state index < -0.39 is 12.0 Å². The number of carbonyl (C=O) groups is 2. The quantitative estimate of drug-likeness (QED) is 0.509. The highest BCUT2D eigenvalue weighted by atomic mass is 35.5. The van der Waals surface area contributed by atoms with Crippen LogP contribution in [0.3, 0.4) is 0 Å². The molecule has 2 aliphatic heterocycles. The number of carboxylic acids is 1. The second kappa shape index (κ2) is 11.0. The molecule has 0 spiro atoms. The van der Waals surface area contributed by atoms with Gasteiger partial charge in [0.25, 0.3) is 0 Å². The number of carboxylic acid groups (broad SMARTS) is 1. The molecule has 1 aromatic carbocycles. The average molecular weight is 471 g/mol. The molecule has 0 saturated carbocycles. The van der Waals surface area contributed by atoms with Crippen LogP contribution in [-0.4, -0.2) is 53.0 Å². The van der Waals surface area contributed by atoms with Crippen LogP contribution >= 0.6 is 11.6 Å². The Kier molecular flexibility index (Phi) is 7.83. The lowest BCUT2D eigenvalue weighted by Crippen LogP contribution is -2.44. The van der Waals surface area contributed by atoms with Crippen LogP contribution in [0.1, 0.15) is 48.5 Å². The van der Waals surface area contributed by atoms with Crippen LogP contribution in [-0.2, 0) is 22.4 Å². The maximum atomic E-state index is 12.6. The summed E-state index contributed by atoms with van der Waals surface area (Å²) in [4.78, 5) is 31.2. The number of nitrogens with zero attached hydrogens (tertiary/aromatic N) is 2. The molecule has 1 saturated heterocycles. The van der Waals surface area contributed by atoms with Crippen molar-refractivity contribution in [1.82, 2.24) is 15.2 Å². The molecule has 0 radical (unpaired) electrons. The summed E-state index contributed by atoms with van der Waals surface area (Å²) in [6, 6.07) is 10.5. The van der Waals surface area contributed by atoms with E-state index in [-0.39, 0.29) is 11.8 Å². The molecule has 0 bridgehead atoms. The van der Waals surface area contributed by atoms with Gasteiger partial charge >= 0.3 is 5.97 Å². The van der Waals surface area contributed by atoms with E-state index in [4.69, 9.17) is 16.6 Å². The van der Waals surface area contributed by atoms with Crippen molar-refractivity contribution in [2.75, 3.05) is 31.5 Å². The lowest BCUT2D eigenvalue weighted by atomic mass is 9.93. The lowest BCUT2D eigenvalue weighted by Gasteiger charge is -2.35. The number of halogens is 1. The van der Waals surface area contributed by atoms with E-state index in [9.17, 15) is 14.7 Å². The predicted octanol–water partition coefficient (Wildman–Crippen LogP) is 3.68. The van der Waals surface area contributed by atoms with Crippen LogP contribution in [0.2, 0.25) is 5.02 Å². The highest BCUT2D eigenvalue weighted by Crippen LogP contribution is 2.31. The molecule has 176 valence electrons.